The van der Waals surface area contributed by atoms with Crippen molar-refractivity contribution in [3.05, 3.63) is 66.2 Å². The first kappa shape index (κ1) is 16.4. The van der Waals surface area contributed by atoms with Gasteiger partial charge in [-0.1, -0.05) is 18.9 Å². The van der Waals surface area contributed by atoms with Crippen LogP contribution in [0.5, 0.6) is 0 Å². The lowest BCUT2D eigenvalue weighted by molar-refractivity contribution is 0.0950. The average molecular weight is 347 g/mol. The summed E-state index contributed by atoms with van der Waals surface area (Å²) in [5.74, 6) is -0.123. The molecule has 3 aromatic rings. The van der Waals surface area contributed by atoms with Crippen molar-refractivity contribution in [1.82, 2.24) is 25.1 Å². The Labute approximate surface area is 152 Å². The van der Waals surface area contributed by atoms with E-state index in [2.05, 4.69) is 20.0 Å². The van der Waals surface area contributed by atoms with Gasteiger partial charge in [-0.15, -0.1) is 0 Å². The van der Waals surface area contributed by atoms with E-state index >= 15 is 0 Å². The van der Waals surface area contributed by atoms with Crippen molar-refractivity contribution in [2.24, 2.45) is 0 Å². The number of amides is 1. The maximum Gasteiger partial charge on any atom is 0.251 e. The van der Waals surface area contributed by atoms with Crippen LogP contribution in [0.3, 0.4) is 0 Å². The molecule has 1 saturated carbocycles. The molecule has 1 amide bonds. The van der Waals surface area contributed by atoms with E-state index in [0.717, 1.165) is 29.9 Å². The monoisotopic (exact) mass is 347 g/mol. The Balaban J connectivity index is 1.56. The number of pyridine rings is 2. The molecule has 0 bridgehead atoms. The Hall–Kier alpha value is -3.02. The standard InChI is InChI=1S/C20H21N5O/c26-20(15-8-11-21-12-9-15)23-14-16-13-19(18-7-3-4-10-22-18)25(24-16)17-5-1-2-6-17/h3-4,7-13,17H,1-2,5-6,14H2,(H,23,26). The van der Waals surface area contributed by atoms with Gasteiger partial charge in [0.1, 0.15) is 0 Å². The molecule has 4 rings (SSSR count). The maximum absolute atomic E-state index is 12.3. The summed E-state index contributed by atoms with van der Waals surface area (Å²) in [7, 11) is 0. The maximum atomic E-state index is 12.3. The molecule has 6 nitrogen and oxygen atoms in total. The van der Waals surface area contributed by atoms with Crippen LogP contribution >= 0.6 is 0 Å². The Kier molecular flexibility index (Phi) is 4.73. The minimum atomic E-state index is -0.123. The van der Waals surface area contributed by atoms with Gasteiger partial charge in [0.05, 0.1) is 29.7 Å². The lowest BCUT2D eigenvalue weighted by Crippen LogP contribution is -2.23. The van der Waals surface area contributed by atoms with Gasteiger partial charge < -0.3 is 5.32 Å². The first-order valence-electron chi connectivity index (χ1n) is 8.99. The summed E-state index contributed by atoms with van der Waals surface area (Å²) in [5, 5.41) is 7.72. The Morgan fingerprint density at radius 2 is 1.92 bits per heavy atom. The van der Waals surface area contributed by atoms with Crippen LogP contribution in [-0.2, 0) is 6.54 Å². The van der Waals surface area contributed by atoms with Crippen molar-refractivity contribution < 1.29 is 4.79 Å². The van der Waals surface area contributed by atoms with Crippen LogP contribution in [0.4, 0.5) is 0 Å². The molecule has 1 aliphatic carbocycles. The van der Waals surface area contributed by atoms with Crippen molar-refractivity contribution in [3.63, 3.8) is 0 Å². The number of hydrogen-bond donors (Lipinski definition) is 1. The van der Waals surface area contributed by atoms with Crippen molar-refractivity contribution in [2.75, 3.05) is 0 Å². The number of rotatable bonds is 5. The lowest BCUT2D eigenvalue weighted by Gasteiger charge is -2.13. The fraction of sp³-hybridized carbons (Fsp3) is 0.300. The molecule has 1 aliphatic rings. The highest BCUT2D eigenvalue weighted by Gasteiger charge is 2.22. The number of hydrogen-bond acceptors (Lipinski definition) is 4. The molecule has 0 unspecified atom stereocenters. The Morgan fingerprint density at radius 1 is 1.12 bits per heavy atom. The molecule has 6 heteroatoms. The second-order valence-corrected chi connectivity index (χ2v) is 6.54. The molecule has 0 spiro atoms. The highest BCUT2D eigenvalue weighted by Crippen LogP contribution is 2.33. The first-order valence-corrected chi connectivity index (χ1v) is 8.99. The lowest BCUT2D eigenvalue weighted by atomic mass is 10.2. The largest absolute Gasteiger partial charge is 0.346 e. The molecule has 0 aromatic carbocycles. The van der Waals surface area contributed by atoms with Crippen LogP contribution in [0, 0.1) is 0 Å². The van der Waals surface area contributed by atoms with E-state index < -0.39 is 0 Å². The summed E-state index contributed by atoms with van der Waals surface area (Å²) in [5.41, 5.74) is 3.38. The molecule has 1 fully saturated rings. The summed E-state index contributed by atoms with van der Waals surface area (Å²) in [6.07, 6.45) is 9.78. The van der Waals surface area contributed by atoms with Crippen molar-refractivity contribution in [1.29, 1.82) is 0 Å². The minimum absolute atomic E-state index is 0.123. The van der Waals surface area contributed by atoms with E-state index in [4.69, 9.17) is 5.10 Å². The van der Waals surface area contributed by atoms with Crippen LogP contribution in [0.25, 0.3) is 11.4 Å². The number of nitrogens with zero attached hydrogens (tertiary/aromatic N) is 4. The zero-order valence-electron chi connectivity index (χ0n) is 14.5. The zero-order valence-corrected chi connectivity index (χ0v) is 14.5. The SMILES string of the molecule is O=C(NCc1cc(-c2ccccn2)n(C2CCCC2)n1)c1ccncc1. The number of carbonyl (C=O) groups is 1. The number of aromatic nitrogens is 4. The third-order valence-corrected chi connectivity index (χ3v) is 4.76. The third-order valence-electron chi connectivity index (χ3n) is 4.76. The number of carbonyl (C=O) groups excluding carboxylic acids is 1. The van der Waals surface area contributed by atoms with Gasteiger partial charge in [-0.05, 0) is 43.2 Å². The second kappa shape index (κ2) is 7.47. The van der Waals surface area contributed by atoms with E-state index in [-0.39, 0.29) is 5.91 Å². The quantitative estimate of drug-likeness (QED) is 0.768. The predicted molar refractivity (Wildman–Crippen MR) is 98.4 cm³/mol. The Bertz CT molecular complexity index is 870. The van der Waals surface area contributed by atoms with Gasteiger partial charge >= 0.3 is 0 Å². The van der Waals surface area contributed by atoms with E-state index in [1.807, 2.05) is 24.3 Å². The fourth-order valence-electron chi connectivity index (χ4n) is 3.44. The highest BCUT2D eigenvalue weighted by molar-refractivity contribution is 5.93. The minimum Gasteiger partial charge on any atom is -0.346 e. The molecule has 0 atom stereocenters. The molecule has 132 valence electrons. The summed E-state index contributed by atoms with van der Waals surface area (Å²) in [6, 6.07) is 11.7. The third kappa shape index (κ3) is 3.49. The predicted octanol–water partition coefficient (Wildman–Crippen LogP) is 3.39. The summed E-state index contributed by atoms with van der Waals surface area (Å²) in [6.45, 7) is 0.390. The molecule has 26 heavy (non-hydrogen) atoms. The first-order chi connectivity index (χ1) is 12.8. The topological polar surface area (TPSA) is 72.7 Å². The van der Waals surface area contributed by atoms with Gasteiger partial charge in [0.25, 0.3) is 5.91 Å². The van der Waals surface area contributed by atoms with Gasteiger partial charge in [-0.2, -0.15) is 5.10 Å². The molecule has 3 aromatic heterocycles. The summed E-state index contributed by atoms with van der Waals surface area (Å²) in [4.78, 5) is 20.7. The Morgan fingerprint density at radius 3 is 2.65 bits per heavy atom. The van der Waals surface area contributed by atoms with Crippen LogP contribution in [0.1, 0.15) is 47.8 Å². The molecular formula is C20H21N5O. The zero-order chi connectivity index (χ0) is 17.8. The fourth-order valence-corrected chi connectivity index (χ4v) is 3.44. The second-order valence-electron chi connectivity index (χ2n) is 6.54. The van der Waals surface area contributed by atoms with E-state index in [9.17, 15) is 4.79 Å². The molecule has 0 saturated heterocycles. The van der Waals surface area contributed by atoms with Gasteiger partial charge in [-0.25, -0.2) is 0 Å². The van der Waals surface area contributed by atoms with E-state index in [0.29, 0.717) is 18.2 Å². The van der Waals surface area contributed by atoms with E-state index in [1.54, 1.807) is 30.7 Å². The van der Waals surface area contributed by atoms with Crippen molar-refractivity contribution in [2.45, 2.75) is 38.3 Å². The molecule has 0 aliphatic heterocycles. The molecular weight excluding hydrogens is 326 g/mol. The molecule has 3 heterocycles. The van der Waals surface area contributed by atoms with Crippen molar-refractivity contribution >= 4 is 5.91 Å². The molecule has 1 N–H and O–H groups in total. The summed E-state index contributed by atoms with van der Waals surface area (Å²) < 4.78 is 2.10. The smallest absolute Gasteiger partial charge is 0.251 e. The highest BCUT2D eigenvalue weighted by atomic mass is 16.1. The number of nitrogens with one attached hydrogen (secondary N) is 1. The van der Waals surface area contributed by atoms with E-state index in [1.165, 1.54) is 12.8 Å². The van der Waals surface area contributed by atoms with Crippen LogP contribution in [-0.4, -0.2) is 25.7 Å². The van der Waals surface area contributed by atoms with Crippen LogP contribution < -0.4 is 5.32 Å². The normalized spacial score (nSPS) is 14.5. The van der Waals surface area contributed by atoms with Crippen LogP contribution in [0.15, 0.2) is 55.0 Å². The molecule has 0 radical (unpaired) electrons. The van der Waals surface area contributed by atoms with Gasteiger partial charge in [-0.3, -0.25) is 19.4 Å². The van der Waals surface area contributed by atoms with Gasteiger partial charge in [0.2, 0.25) is 0 Å². The van der Waals surface area contributed by atoms with Gasteiger partial charge in [0.15, 0.2) is 0 Å². The average Bonchev–Trinajstić information content (AvgIpc) is 3.37. The van der Waals surface area contributed by atoms with Gasteiger partial charge in [0, 0.05) is 24.2 Å². The summed E-state index contributed by atoms with van der Waals surface area (Å²) >= 11 is 0. The van der Waals surface area contributed by atoms with Crippen molar-refractivity contribution in [3.8, 4) is 11.4 Å². The van der Waals surface area contributed by atoms with Crippen LogP contribution in [0.2, 0.25) is 0 Å².